The molecule has 0 fully saturated rings. The van der Waals surface area contributed by atoms with Crippen molar-refractivity contribution in [1.29, 1.82) is 0 Å². The van der Waals surface area contributed by atoms with E-state index >= 15 is 0 Å². The molecule has 106 valence electrons. The SMILES string of the molecule is CCCS[C@@](C)(NC(C)C(=O)O)SC(=O)OCC. The Kier molecular flexibility index (Phi) is 8.47. The molecule has 0 aliphatic heterocycles. The van der Waals surface area contributed by atoms with Crippen molar-refractivity contribution in [3.63, 3.8) is 0 Å². The fraction of sp³-hybridized carbons (Fsp3) is 0.818. The number of hydrogen-bond donors (Lipinski definition) is 2. The van der Waals surface area contributed by atoms with E-state index in [4.69, 9.17) is 9.84 Å². The first-order valence-electron chi connectivity index (χ1n) is 5.84. The lowest BCUT2D eigenvalue weighted by molar-refractivity contribution is -0.139. The smallest absolute Gasteiger partial charge is 0.369 e. The van der Waals surface area contributed by atoms with Gasteiger partial charge in [-0.1, -0.05) is 6.92 Å². The zero-order chi connectivity index (χ0) is 14.2. The number of aliphatic carboxylic acids is 1. The van der Waals surface area contributed by atoms with Gasteiger partial charge in [-0.15, -0.1) is 11.8 Å². The number of carboxylic acid groups (broad SMARTS) is 1. The van der Waals surface area contributed by atoms with Crippen molar-refractivity contribution in [2.24, 2.45) is 0 Å². The highest BCUT2D eigenvalue weighted by atomic mass is 32.2. The quantitative estimate of drug-likeness (QED) is 0.526. The van der Waals surface area contributed by atoms with E-state index < -0.39 is 21.5 Å². The second-order valence-electron chi connectivity index (χ2n) is 3.78. The van der Waals surface area contributed by atoms with Crippen molar-refractivity contribution in [3.05, 3.63) is 0 Å². The van der Waals surface area contributed by atoms with Gasteiger partial charge < -0.3 is 9.84 Å². The summed E-state index contributed by atoms with van der Waals surface area (Å²) in [5.74, 6) is -0.106. The number of nitrogens with one attached hydrogen (secondary N) is 1. The van der Waals surface area contributed by atoms with Crippen LogP contribution >= 0.6 is 23.5 Å². The number of rotatable bonds is 8. The van der Waals surface area contributed by atoms with E-state index in [0.29, 0.717) is 6.61 Å². The average molecular weight is 295 g/mol. The van der Waals surface area contributed by atoms with Crippen LogP contribution in [-0.4, -0.2) is 39.0 Å². The van der Waals surface area contributed by atoms with Gasteiger partial charge in [0.1, 0.15) is 10.2 Å². The Morgan fingerprint density at radius 1 is 1.44 bits per heavy atom. The third-order valence-corrected chi connectivity index (χ3v) is 4.65. The van der Waals surface area contributed by atoms with E-state index in [2.05, 4.69) is 5.32 Å². The van der Waals surface area contributed by atoms with E-state index in [1.807, 2.05) is 6.92 Å². The van der Waals surface area contributed by atoms with Crippen LogP contribution in [0.1, 0.15) is 34.1 Å². The molecule has 0 saturated heterocycles. The van der Waals surface area contributed by atoms with Gasteiger partial charge in [0, 0.05) is 0 Å². The molecule has 0 bridgehead atoms. The van der Waals surface area contributed by atoms with Crippen molar-refractivity contribution in [3.8, 4) is 0 Å². The summed E-state index contributed by atoms with van der Waals surface area (Å²) in [6.45, 7) is 7.44. The minimum Gasteiger partial charge on any atom is -0.480 e. The molecule has 0 rings (SSSR count). The van der Waals surface area contributed by atoms with Gasteiger partial charge in [-0.3, -0.25) is 10.1 Å². The van der Waals surface area contributed by atoms with Crippen LogP contribution in [0, 0.1) is 0 Å². The van der Waals surface area contributed by atoms with E-state index in [9.17, 15) is 9.59 Å². The highest BCUT2D eigenvalue weighted by Gasteiger charge is 2.32. The molecule has 0 aliphatic carbocycles. The van der Waals surface area contributed by atoms with Crippen LogP contribution < -0.4 is 5.32 Å². The Bertz CT molecular complexity index is 288. The highest BCUT2D eigenvalue weighted by Crippen LogP contribution is 2.36. The van der Waals surface area contributed by atoms with Crippen molar-refractivity contribution < 1.29 is 19.4 Å². The molecule has 2 N–H and O–H groups in total. The van der Waals surface area contributed by atoms with Gasteiger partial charge in [-0.25, -0.2) is 4.79 Å². The summed E-state index contributed by atoms with van der Waals surface area (Å²) in [5.41, 5.74) is 0. The first-order chi connectivity index (χ1) is 8.34. The summed E-state index contributed by atoms with van der Waals surface area (Å²) in [6.07, 6.45) is 0.951. The summed E-state index contributed by atoms with van der Waals surface area (Å²) in [4.78, 5) is 22.4. The Morgan fingerprint density at radius 3 is 2.50 bits per heavy atom. The lowest BCUT2D eigenvalue weighted by Crippen LogP contribution is -2.46. The molecule has 0 aliphatic rings. The van der Waals surface area contributed by atoms with Crippen LogP contribution in [0.2, 0.25) is 0 Å². The molecule has 0 saturated carbocycles. The minimum absolute atomic E-state index is 0.314. The lowest BCUT2D eigenvalue weighted by atomic mass is 10.3. The van der Waals surface area contributed by atoms with Gasteiger partial charge in [-0.05, 0) is 44.7 Å². The first-order valence-corrected chi connectivity index (χ1v) is 7.65. The molecule has 0 aromatic heterocycles. The molecule has 0 aromatic carbocycles. The number of carboxylic acids is 1. The number of ether oxygens (including phenoxy) is 1. The molecule has 18 heavy (non-hydrogen) atoms. The Morgan fingerprint density at radius 2 is 2.06 bits per heavy atom. The van der Waals surface area contributed by atoms with Crippen LogP contribution in [0.15, 0.2) is 0 Å². The Balaban J connectivity index is 4.60. The first kappa shape index (κ1) is 17.6. The van der Waals surface area contributed by atoms with Crippen LogP contribution in [0.25, 0.3) is 0 Å². The molecule has 1 unspecified atom stereocenters. The van der Waals surface area contributed by atoms with Gasteiger partial charge >= 0.3 is 11.3 Å². The number of carbonyl (C=O) groups excluding carboxylic acids is 1. The maximum Gasteiger partial charge on any atom is 0.369 e. The second kappa shape index (κ2) is 8.66. The van der Waals surface area contributed by atoms with E-state index in [1.54, 1.807) is 20.8 Å². The highest BCUT2D eigenvalue weighted by molar-refractivity contribution is 8.25. The lowest BCUT2D eigenvalue weighted by Gasteiger charge is -2.30. The van der Waals surface area contributed by atoms with Crippen LogP contribution in [-0.2, 0) is 9.53 Å². The molecule has 0 aromatic rings. The molecule has 2 atom stereocenters. The largest absolute Gasteiger partial charge is 0.480 e. The minimum atomic E-state index is -0.942. The van der Waals surface area contributed by atoms with Gasteiger partial charge in [-0.2, -0.15) is 0 Å². The van der Waals surface area contributed by atoms with Crippen LogP contribution in [0.3, 0.4) is 0 Å². The van der Waals surface area contributed by atoms with E-state index in [0.717, 1.165) is 23.9 Å². The van der Waals surface area contributed by atoms with Crippen LogP contribution in [0.4, 0.5) is 4.79 Å². The number of hydrogen-bond acceptors (Lipinski definition) is 6. The summed E-state index contributed by atoms with van der Waals surface area (Å²) >= 11 is 2.50. The molecule has 0 heterocycles. The predicted octanol–water partition coefficient (Wildman–Crippen LogP) is 2.76. The normalized spacial score (nSPS) is 15.8. The molecule has 0 spiro atoms. The average Bonchev–Trinajstić information content (AvgIpc) is 2.26. The molecule has 0 radical (unpaired) electrons. The zero-order valence-corrected chi connectivity index (χ0v) is 12.8. The maximum atomic E-state index is 11.5. The summed E-state index contributed by atoms with van der Waals surface area (Å²) in [7, 11) is 0. The van der Waals surface area contributed by atoms with Crippen molar-refractivity contribution >= 4 is 34.8 Å². The standard InChI is InChI=1S/C11H21NO4S2/c1-5-7-17-11(4,12-8(3)9(13)14)18-10(15)16-6-2/h8,12H,5-7H2,1-4H3,(H,13,14)/t8?,11-/m1/s1. The fourth-order valence-electron chi connectivity index (χ4n) is 1.16. The van der Waals surface area contributed by atoms with Crippen molar-refractivity contribution in [2.75, 3.05) is 12.4 Å². The number of thioether (sulfide) groups is 2. The summed E-state index contributed by atoms with van der Waals surface area (Å²) in [6, 6.07) is -0.721. The van der Waals surface area contributed by atoms with Gasteiger partial charge in [0.2, 0.25) is 0 Å². The van der Waals surface area contributed by atoms with Gasteiger partial charge in [0.25, 0.3) is 0 Å². The predicted molar refractivity (Wildman–Crippen MR) is 76.0 cm³/mol. The van der Waals surface area contributed by atoms with Gasteiger partial charge in [0.05, 0.1) is 6.61 Å². The zero-order valence-electron chi connectivity index (χ0n) is 11.2. The van der Waals surface area contributed by atoms with Gasteiger partial charge in [0.15, 0.2) is 0 Å². The van der Waals surface area contributed by atoms with E-state index in [1.165, 1.54) is 11.8 Å². The number of carbonyl (C=O) groups is 2. The Hall–Kier alpha value is -0.400. The van der Waals surface area contributed by atoms with Crippen molar-refractivity contribution in [1.82, 2.24) is 5.32 Å². The third kappa shape index (κ3) is 7.13. The molecule has 0 amide bonds. The molecular formula is C11H21NO4S2. The third-order valence-electron chi connectivity index (χ3n) is 1.97. The molecular weight excluding hydrogens is 274 g/mol. The van der Waals surface area contributed by atoms with E-state index in [-0.39, 0.29) is 0 Å². The maximum absolute atomic E-state index is 11.5. The molecule has 5 nitrogen and oxygen atoms in total. The monoisotopic (exact) mass is 295 g/mol. The topological polar surface area (TPSA) is 75.6 Å². The second-order valence-corrected chi connectivity index (χ2v) is 6.91. The molecule has 7 heteroatoms. The fourth-order valence-corrected chi connectivity index (χ4v) is 3.43. The summed E-state index contributed by atoms with van der Waals surface area (Å²) < 4.78 is 4.19. The summed E-state index contributed by atoms with van der Waals surface area (Å²) in [5, 5.41) is 11.5. The van der Waals surface area contributed by atoms with Crippen LogP contribution in [0.5, 0.6) is 0 Å². The Labute approximate surface area is 116 Å². The van der Waals surface area contributed by atoms with Crippen molar-refractivity contribution in [2.45, 2.75) is 44.4 Å².